The van der Waals surface area contributed by atoms with Gasteiger partial charge >= 0.3 is 0 Å². The minimum absolute atomic E-state index is 0.114. The Bertz CT molecular complexity index is 597. The van der Waals surface area contributed by atoms with Crippen molar-refractivity contribution in [2.45, 2.75) is 38.1 Å². The lowest BCUT2D eigenvalue weighted by atomic mass is 10.1. The first-order chi connectivity index (χ1) is 8.90. The van der Waals surface area contributed by atoms with Crippen molar-refractivity contribution in [3.05, 3.63) is 29.3 Å². The zero-order valence-electron chi connectivity index (χ0n) is 11.4. The van der Waals surface area contributed by atoms with Crippen molar-refractivity contribution in [3.8, 4) is 11.8 Å². The lowest BCUT2D eigenvalue weighted by Gasteiger charge is -2.14. The number of rotatable bonds is 4. The molecule has 0 aromatic heterocycles. The quantitative estimate of drug-likeness (QED) is 0.820. The summed E-state index contributed by atoms with van der Waals surface area (Å²) >= 11 is 0. The Balaban J connectivity index is 3.18. The maximum atomic E-state index is 12.2. The molecule has 0 fully saturated rings. The third-order valence-electron chi connectivity index (χ3n) is 2.76. The number of nitrogens with one attached hydrogen (secondary N) is 1. The van der Waals surface area contributed by atoms with Crippen LogP contribution in [0.2, 0.25) is 0 Å². The Kier molecular flexibility index (Phi) is 5.55. The normalized spacial score (nSPS) is 12.6. The highest BCUT2D eigenvalue weighted by atomic mass is 32.2. The van der Waals surface area contributed by atoms with Gasteiger partial charge in [0.25, 0.3) is 0 Å². The molecule has 104 valence electrons. The van der Waals surface area contributed by atoms with Crippen molar-refractivity contribution in [3.63, 3.8) is 0 Å². The monoisotopic (exact) mass is 281 g/mol. The van der Waals surface area contributed by atoms with Crippen LogP contribution >= 0.6 is 0 Å². The van der Waals surface area contributed by atoms with E-state index >= 15 is 0 Å². The van der Waals surface area contributed by atoms with Gasteiger partial charge in [0.2, 0.25) is 10.0 Å². The average molecular weight is 281 g/mol. The predicted molar refractivity (Wildman–Crippen MR) is 75.2 cm³/mol. The number of hydrogen-bond donors (Lipinski definition) is 2. The van der Waals surface area contributed by atoms with E-state index in [0.717, 1.165) is 6.42 Å². The molecule has 19 heavy (non-hydrogen) atoms. The maximum absolute atomic E-state index is 12.2. The summed E-state index contributed by atoms with van der Waals surface area (Å²) in [5.41, 5.74) is 1.24. The van der Waals surface area contributed by atoms with Crippen molar-refractivity contribution in [1.82, 2.24) is 4.72 Å². The molecular formula is C14H19NO3S. The molecule has 1 aromatic rings. The van der Waals surface area contributed by atoms with Gasteiger partial charge in [0.1, 0.15) is 6.61 Å². The van der Waals surface area contributed by atoms with Gasteiger partial charge in [-0.25, -0.2) is 13.1 Å². The van der Waals surface area contributed by atoms with Crippen LogP contribution in [0.25, 0.3) is 0 Å². The summed E-state index contributed by atoms with van der Waals surface area (Å²) in [4.78, 5) is 0.234. The summed E-state index contributed by atoms with van der Waals surface area (Å²) in [6.45, 7) is 5.24. The van der Waals surface area contributed by atoms with E-state index in [2.05, 4.69) is 16.6 Å². The minimum atomic E-state index is -3.53. The zero-order valence-corrected chi connectivity index (χ0v) is 12.2. The Morgan fingerprint density at radius 1 is 1.42 bits per heavy atom. The summed E-state index contributed by atoms with van der Waals surface area (Å²) in [5, 5.41) is 8.66. The molecule has 0 saturated carbocycles. The van der Waals surface area contributed by atoms with Crippen LogP contribution < -0.4 is 4.72 Å². The second-order valence-corrected chi connectivity index (χ2v) is 6.05. The van der Waals surface area contributed by atoms with Crippen LogP contribution in [0.15, 0.2) is 23.1 Å². The molecule has 0 bridgehead atoms. The van der Waals surface area contributed by atoms with Crippen LogP contribution in [0.1, 0.15) is 31.4 Å². The van der Waals surface area contributed by atoms with E-state index in [9.17, 15) is 8.42 Å². The van der Waals surface area contributed by atoms with Crippen LogP contribution in [0.3, 0.4) is 0 Å². The largest absolute Gasteiger partial charge is 0.384 e. The molecule has 2 N–H and O–H groups in total. The molecule has 0 heterocycles. The van der Waals surface area contributed by atoms with Crippen LogP contribution in [0, 0.1) is 18.8 Å². The first-order valence-corrected chi connectivity index (χ1v) is 7.61. The second kappa shape index (κ2) is 6.71. The summed E-state index contributed by atoms with van der Waals surface area (Å²) in [7, 11) is -3.53. The fraction of sp³-hybridized carbons (Fsp3) is 0.429. The third-order valence-corrected chi connectivity index (χ3v) is 4.49. The molecular weight excluding hydrogens is 262 g/mol. The van der Waals surface area contributed by atoms with Gasteiger partial charge in [-0.3, -0.25) is 0 Å². The minimum Gasteiger partial charge on any atom is -0.384 e. The van der Waals surface area contributed by atoms with Crippen LogP contribution in [-0.4, -0.2) is 26.2 Å². The summed E-state index contributed by atoms with van der Waals surface area (Å²) in [6, 6.07) is 4.87. The molecule has 0 aliphatic rings. The molecule has 0 saturated heterocycles. The Morgan fingerprint density at radius 2 is 2.11 bits per heavy atom. The van der Waals surface area contributed by atoms with Gasteiger partial charge in [-0.05, 0) is 38.0 Å². The van der Waals surface area contributed by atoms with Crippen molar-refractivity contribution in [2.75, 3.05) is 6.61 Å². The molecule has 4 nitrogen and oxygen atoms in total. The number of sulfonamides is 1. The van der Waals surface area contributed by atoms with E-state index in [-0.39, 0.29) is 17.5 Å². The van der Waals surface area contributed by atoms with Crippen molar-refractivity contribution < 1.29 is 13.5 Å². The molecule has 0 radical (unpaired) electrons. The Labute approximate surface area is 114 Å². The number of hydrogen-bond acceptors (Lipinski definition) is 3. The van der Waals surface area contributed by atoms with Crippen LogP contribution in [0.5, 0.6) is 0 Å². The van der Waals surface area contributed by atoms with E-state index in [1.807, 2.05) is 13.8 Å². The smallest absolute Gasteiger partial charge is 0.241 e. The molecule has 0 spiro atoms. The number of aliphatic hydroxyl groups excluding tert-OH is 1. The van der Waals surface area contributed by atoms with Crippen molar-refractivity contribution in [2.24, 2.45) is 0 Å². The fourth-order valence-electron chi connectivity index (χ4n) is 1.52. The van der Waals surface area contributed by atoms with Crippen LogP contribution in [0.4, 0.5) is 0 Å². The van der Waals surface area contributed by atoms with Gasteiger partial charge in [0.05, 0.1) is 4.90 Å². The number of benzene rings is 1. The van der Waals surface area contributed by atoms with E-state index in [0.29, 0.717) is 11.1 Å². The van der Waals surface area contributed by atoms with Gasteiger partial charge in [-0.2, -0.15) is 0 Å². The first kappa shape index (κ1) is 15.7. The number of aryl methyl sites for hydroxylation is 1. The standard InChI is InChI=1S/C14H19NO3S/c1-4-12(3)15-19(17,18)14-10-13(6-5-9-16)8-7-11(14)2/h7-8,10,12,15-16H,4,9H2,1-3H3. The molecule has 1 rings (SSSR count). The van der Waals surface area contributed by atoms with Gasteiger partial charge in [0, 0.05) is 11.6 Å². The highest BCUT2D eigenvalue weighted by Crippen LogP contribution is 2.17. The van der Waals surface area contributed by atoms with E-state index in [1.54, 1.807) is 19.1 Å². The molecule has 1 unspecified atom stereocenters. The molecule has 0 aliphatic heterocycles. The Hall–Kier alpha value is -1.35. The predicted octanol–water partition coefficient (Wildman–Crippen LogP) is 1.42. The van der Waals surface area contributed by atoms with Gasteiger partial charge in [0.15, 0.2) is 0 Å². The lowest BCUT2D eigenvalue weighted by molar-refractivity contribution is 0.350. The van der Waals surface area contributed by atoms with Gasteiger partial charge in [-0.1, -0.05) is 24.8 Å². The second-order valence-electron chi connectivity index (χ2n) is 4.37. The maximum Gasteiger partial charge on any atom is 0.241 e. The zero-order chi connectivity index (χ0) is 14.5. The fourth-order valence-corrected chi connectivity index (χ4v) is 3.12. The van der Waals surface area contributed by atoms with Gasteiger partial charge < -0.3 is 5.11 Å². The van der Waals surface area contributed by atoms with Crippen molar-refractivity contribution in [1.29, 1.82) is 0 Å². The lowest BCUT2D eigenvalue weighted by Crippen LogP contribution is -2.32. The third kappa shape index (κ3) is 4.35. The SMILES string of the molecule is CCC(C)NS(=O)(=O)c1cc(C#CCO)ccc1C. The first-order valence-electron chi connectivity index (χ1n) is 6.13. The van der Waals surface area contributed by atoms with E-state index < -0.39 is 10.0 Å². The summed E-state index contributed by atoms with van der Waals surface area (Å²) in [6.07, 6.45) is 0.724. The summed E-state index contributed by atoms with van der Waals surface area (Å²) < 4.78 is 27.1. The van der Waals surface area contributed by atoms with E-state index in [1.165, 1.54) is 6.07 Å². The van der Waals surface area contributed by atoms with Gasteiger partial charge in [-0.15, -0.1) is 0 Å². The molecule has 0 amide bonds. The molecule has 0 aliphatic carbocycles. The molecule has 1 aromatic carbocycles. The van der Waals surface area contributed by atoms with Crippen LogP contribution in [-0.2, 0) is 10.0 Å². The molecule has 5 heteroatoms. The summed E-state index contributed by atoms with van der Waals surface area (Å²) in [5.74, 6) is 5.21. The Morgan fingerprint density at radius 3 is 2.68 bits per heavy atom. The van der Waals surface area contributed by atoms with Crippen molar-refractivity contribution >= 4 is 10.0 Å². The highest BCUT2D eigenvalue weighted by Gasteiger charge is 2.18. The van der Waals surface area contributed by atoms with E-state index in [4.69, 9.17) is 5.11 Å². The topological polar surface area (TPSA) is 66.4 Å². The molecule has 1 atom stereocenters. The average Bonchev–Trinajstić information content (AvgIpc) is 2.37. The number of aliphatic hydroxyl groups is 1. The highest BCUT2D eigenvalue weighted by molar-refractivity contribution is 7.89.